The topological polar surface area (TPSA) is 79.2 Å². The molecule has 24 heavy (non-hydrogen) atoms. The first-order valence-electron chi connectivity index (χ1n) is 7.27. The molecule has 1 amide bonds. The van der Waals surface area contributed by atoms with Gasteiger partial charge in [0.15, 0.2) is 6.23 Å². The lowest BCUT2D eigenvalue weighted by Crippen LogP contribution is -2.36. The molecular weight excluding hydrogens is 334 g/mol. The minimum absolute atomic E-state index is 0.376. The molecule has 3 rings (SSSR count). The number of benzene rings is 2. The molecule has 7 heteroatoms. The van der Waals surface area contributed by atoms with Gasteiger partial charge in [-0.25, -0.2) is 0 Å². The summed E-state index contributed by atoms with van der Waals surface area (Å²) in [5, 5.41) is 20.9. The standard InChI is InChI=1S/C17H16ClNO5/c1-23-12-8-4-11(5-9-12)19-16(21)14(20)15(17(19)22)24-13-6-2-10(18)3-7-13/h2-9,14-16,20-21H,1H3/t14-,15-,16-/m0/s1. The number of rotatable bonds is 4. The van der Waals surface area contributed by atoms with E-state index in [0.29, 0.717) is 22.2 Å². The van der Waals surface area contributed by atoms with E-state index < -0.39 is 24.3 Å². The maximum Gasteiger partial charge on any atom is 0.273 e. The first kappa shape index (κ1) is 16.6. The van der Waals surface area contributed by atoms with E-state index in [0.717, 1.165) is 4.90 Å². The molecule has 1 saturated heterocycles. The van der Waals surface area contributed by atoms with Crippen LogP contribution in [0.15, 0.2) is 48.5 Å². The third-order valence-corrected chi connectivity index (χ3v) is 4.04. The number of halogens is 1. The molecule has 6 nitrogen and oxygen atoms in total. The van der Waals surface area contributed by atoms with Crippen LogP contribution in [0.5, 0.6) is 11.5 Å². The van der Waals surface area contributed by atoms with E-state index in [4.69, 9.17) is 21.1 Å². The quantitative estimate of drug-likeness (QED) is 0.880. The SMILES string of the molecule is COc1ccc(N2C(=O)[C@@H](Oc3ccc(Cl)cc3)[C@H](O)[C@@H]2O)cc1. The second-order valence-electron chi connectivity index (χ2n) is 5.30. The zero-order chi connectivity index (χ0) is 17.3. The number of aliphatic hydroxyl groups is 2. The first-order valence-corrected chi connectivity index (χ1v) is 7.64. The van der Waals surface area contributed by atoms with E-state index in [1.54, 1.807) is 48.5 Å². The lowest BCUT2D eigenvalue weighted by Gasteiger charge is -2.20. The minimum Gasteiger partial charge on any atom is -0.497 e. The van der Waals surface area contributed by atoms with Crippen molar-refractivity contribution < 1.29 is 24.5 Å². The summed E-state index contributed by atoms with van der Waals surface area (Å²) < 4.78 is 10.6. The van der Waals surface area contributed by atoms with Gasteiger partial charge in [-0.1, -0.05) is 11.6 Å². The highest BCUT2D eigenvalue weighted by Gasteiger charge is 2.49. The van der Waals surface area contributed by atoms with Crippen LogP contribution in [0, 0.1) is 0 Å². The fourth-order valence-electron chi connectivity index (χ4n) is 2.53. The van der Waals surface area contributed by atoms with Crippen molar-refractivity contribution in [2.24, 2.45) is 0 Å². The molecule has 0 aliphatic carbocycles. The van der Waals surface area contributed by atoms with Crippen molar-refractivity contribution in [2.75, 3.05) is 12.0 Å². The molecule has 0 radical (unpaired) electrons. The van der Waals surface area contributed by atoms with Crippen molar-refractivity contribution in [3.8, 4) is 11.5 Å². The summed E-state index contributed by atoms with van der Waals surface area (Å²) in [7, 11) is 1.53. The highest BCUT2D eigenvalue weighted by Crippen LogP contribution is 2.30. The van der Waals surface area contributed by atoms with Crippen LogP contribution in [0.3, 0.4) is 0 Å². The van der Waals surface area contributed by atoms with E-state index in [1.165, 1.54) is 7.11 Å². The van der Waals surface area contributed by atoms with E-state index >= 15 is 0 Å². The number of carbonyl (C=O) groups excluding carboxylic acids is 1. The molecule has 0 aromatic heterocycles. The Balaban J connectivity index is 1.82. The summed E-state index contributed by atoms with van der Waals surface area (Å²) >= 11 is 5.81. The van der Waals surface area contributed by atoms with Crippen molar-refractivity contribution in [1.82, 2.24) is 0 Å². The van der Waals surface area contributed by atoms with Gasteiger partial charge in [0, 0.05) is 10.7 Å². The van der Waals surface area contributed by atoms with Crippen molar-refractivity contribution in [1.29, 1.82) is 0 Å². The fourth-order valence-corrected chi connectivity index (χ4v) is 2.65. The summed E-state index contributed by atoms with van der Waals surface area (Å²) in [6.07, 6.45) is -3.98. The number of methoxy groups -OCH3 is 1. The predicted molar refractivity (Wildman–Crippen MR) is 88.4 cm³/mol. The number of hydrogen-bond donors (Lipinski definition) is 2. The average Bonchev–Trinajstić information content (AvgIpc) is 2.80. The summed E-state index contributed by atoms with van der Waals surface area (Å²) in [6.45, 7) is 0. The van der Waals surface area contributed by atoms with Gasteiger partial charge in [0.25, 0.3) is 5.91 Å². The zero-order valence-electron chi connectivity index (χ0n) is 12.8. The van der Waals surface area contributed by atoms with Crippen molar-refractivity contribution in [3.63, 3.8) is 0 Å². The van der Waals surface area contributed by atoms with Gasteiger partial charge in [-0.2, -0.15) is 0 Å². The third-order valence-electron chi connectivity index (χ3n) is 3.79. The molecule has 126 valence electrons. The summed E-state index contributed by atoms with van der Waals surface area (Å²) in [5.41, 5.74) is 0.439. The van der Waals surface area contributed by atoms with Crippen molar-refractivity contribution in [2.45, 2.75) is 18.4 Å². The Hall–Kier alpha value is -2.28. The molecule has 2 N–H and O–H groups in total. The maximum absolute atomic E-state index is 12.6. The van der Waals surface area contributed by atoms with Gasteiger partial charge in [0.2, 0.25) is 6.10 Å². The predicted octanol–water partition coefficient (Wildman–Crippen LogP) is 1.82. The van der Waals surface area contributed by atoms with E-state index in [1.807, 2.05) is 0 Å². The van der Waals surface area contributed by atoms with Crippen LogP contribution in [0.25, 0.3) is 0 Å². The second-order valence-corrected chi connectivity index (χ2v) is 5.74. The molecule has 2 aromatic carbocycles. The highest BCUT2D eigenvalue weighted by molar-refractivity contribution is 6.30. The Bertz CT molecular complexity index is 719. The smallest absolute Gasteiger partial charge is 0.273 e. The number of ether oxygens (including phenoxy) is 2. The van der Waals surface area contributed by atoms with E-state index in [9.17, 15) is 15.0 Å². The van der Waals surface area contributed by atoms with Crippen LogP contribution in [-0.2, 0) is 4.79 Å². The van der Waals surface area contributed by atoms with Gasteiger partial charge in [-0.15, -0.1) is 0 Å². The van der Waals surface area contributed by atoms with Crippen molar-refractivity contribution in [3.05, 3.63) is 53.6 Å². The van der Waals surface area contributed by atoms with Crippen molar-refractivity contribution >= 4 is 23.2 Å². The average molecular weight is 350 g/mol. The Morgan fingerprint density at radius 1 is 1.00 bits per heavy atom. The number of anilines is 1. The van der Waals surface area contributed by atoms with Crippen LogP contribution in [-0.4, -0.2) is 41.7 Å². The maximum atomic E-state index is 12.6. The Labute approximate surface area is 143 Å². The third kappa shape index (κ3) is 3.03. The molecule has 0 saturated carbocycles. The molecule has 0 spiro atoms. The number of amides is 1. The molecule has 1 fully saturated rings. The number of nitrogens with zero attached hydrogens (tertiary/aromatic N) is 1. The molecule has 3 atom stereocenters. The second kappa shape index (κ2) is 6.68. The number of aliphatic hydroxyl groups excluding tert-OH is 2. The van der Waals surface area contributed by atoms with Crippen LogP contribution in [0.1, 0.15) is 0 Å². The van der Waals surface area contributed by atoms with Crippen LogP contribution in [0.4, 0.5) is 5.69 Å². The zero-order valence-corrected chi connectivity index (χ0v) is 13.6. The van der Waals surface area contributed by atoms with Gasteiger partial charge in [0.1, 0.15) is 17.6 Å². The lowest BCUT2D eigenvalue weighted by molar-refractivity contribution is -0.125. The molecule has 1 aliphatic heterocycles. The number of hydrogen-bond acceptors (Lipinski definition) is 5. The first-order chi connectivity index (χ1) is 11.5. The van der Waals surface area contributed by atoms with Gasteiger partial charge in [-0.05, 0) is 48.5 Å². The molecule has 1 aliphatic rings. The van der Waals surface area contributed by atoms with Crippen LogP contribution >= 0.6 is 11.6 Å². The van der Waals surface area contributed by atoms with Gasteiger partial charge in [0.05, 0.1) is 7.11 Å². The molecule has 0 bridgehead atoms. The van der Waals surface area contributed by atoms with Gasteiger partial charge in [-0.3, -0.25) is 9.69 Å². The van der Waals surface area contributed by atoms with Crippen LogP contribution in [0.2, 0.25) is 5.02 Å². The van der Waals surface area contributed by atoms with E-state index in [2.05, 4.69) is 0 Å². The summed E-state index contributed by atoms with van der Waals surface area (Å²) in [4.78, 5) is 13.7. The Morgan fingerprint density at radius 2 is 1.58 bits per heavy atom. The van der Waals surface area contributed by atoms with Gasteiger partial charge < -0.3 is 19.7 Å². The summed E-state index contributed by atoms with van der Waals surface area (Å²) in [6, 6.07) is 13.0. The van der Waals surface area contributed by atoms with E-state index in [-0.39, 0.29) is 0 Å². The largest absolute Gasteiger partial charge is 0.497 e. The normalized spacial score (nSPS) is 23.4. The summed E-state index contributed by atoms with van der Waals surface area (Å²) in [5.74, 6) is 0.463. The Morgan fingerprint density at radius 3 is 2.17 bits per heavy atom. The monoisotopic (exact) mass is 349 g/mol. The van der Waals surface area contributed by atoms with Gasteiger partial charge >= 0.3 is 0 Å². The molecular formula is C17H16ClNO5. The molecule has 2 aromatic rings. The lowest BCUT2D eigenvalue weighted by atomic mass is 10.2. The Kier molecular flexibility index (Phi) is 4.62. The molecule has 1 heterocycles. The molecule has 0 unspecified atom stereocenters. The minimum atomic E-state index is -1.40. The highest BCUT2D eigenvalue weighted by atomic mass is 35.5. The fraction of sp³-hybridized carbons (Fsp3) is 0.235. The van der Waals surface area contributed by atoms with Crippen LogP contribution < -0.4 is 14.4 Å². The number of carbonyl (C=O) groups is 1.